The first-order chi connectivity index (χ1) is 16.7. The summed E-state index contributed by atoms with van der Waals surface area (Å²) >= 11 is 12.3. The van der Waals surface area contributed by atoms with Crippen LogP contribution in [0, 0.1) is 23.7 Å². The fraction of sp³-hybridized carbons (Fsp3) is 0.308. The highest BCUT2D eigenvalue weighted by molar-refractivity contribution is 6.36. The Morgan fingerprint density at radius 3 is 2.63 bits per heavy atom. The summed E-state index contributed by atoms with van der Waals surface area (Å²) in [6.07, 6.45) is 4.42. The lowest BCUT2D eigenvalue weighted by atomic mass is 9.78. The van der Waals surface area contributed by atoms with Crippen molar-refractivity contribution in [2.24, 2.45) is 23.7 Å². The van der Waals surface area contributed by atoms with Crippen molar-refractivity contribution in [3.63, 3.8) is 0 Å². The normalized spacial score (nSPS) is 25.9. The number of anilines is 2. The molecule has 2 heterocycles. The molecule has 0 radical (unpaired) electrons. The average Bonchev–Trinajstić information content (AvgIpc) is 3.33. The van der Waals surface area contributed by atoms with Crippen LogP contribution in [-0.4, -0.2) is 30.2 Å². The second kappa shape index (κ2) is 9.13. The van der Waals surface area contributed by atoms with Crippen molar-refractivity contribution in [2.45, 2.75) is 19.8 Å². The van der Waals surface area contributed by atoms with Gasteiger partial charge in [-0.05, 0) is 42.7 Å². The third-order valence-electron chi connectivity index (χ3n) is 6.82. The van der Waals surface area contributed by atoms with Crippen molar-refractivity contribution in [1.29, 1.82) is 0 Å². The number of amides is 3. The van der Waals surface area contributed by atoms with Crippen LogP contribution in [0.4, 0.5) is 11.4 Å². The molecule has 180 valence electrons. The second-order valence-electron chi connectivity index (χ2n) is 9.09. The molecular formula is C26H22Cl2N2O5. The van der Waals surface area contributed by atoms with Gasteiger partial charge in [0.1, 0.15) is 5.75 Å². The third-order valence-corrected chi connectivity index (χ3v) is 7.38. The van der Waals surface area contributed by atoms with E-state index in [2.05, 4.69) is 0 Å². The monoisotopic (exact) mass is 512 g/mol. The van der Waals surface area contributed by atoms with Crippen LogP contribution < -0.4 is 14.5 Å². The lowest BCUT2D eigenvalue weighted by Crippen LogP contribution is -2.31. The Hall–Kier alpha value is -3.16. The van der Waals surface area contributed by atoms with E-state index in [0.29, 0.717) is 27.8 Å². The minimum atomic E-state index is -0.703. The van der Waals surface area contributed by atoms with Gasteiger partial charge < -0.3 is 9.64 Å². The molecule has 3 aliphatic rings. The lowest BCUT2D eigenvalue weighted by molar-refractivity contribution is -0.139. The van der Waals surface area contributed by atoms with E-state index in [4.69, 9.17) is 27.9 Å². The summed E-state index contributed by atoms with van der Waals surface area (Å²) < 4.78 is 5.56. The molecule has 0 N–H and O–H groups in total. The van der Waals surface area contributed by atoms with Gasteiger partial charge in [0.25, 0.3) is 0 Å². The maximum absolute atomic E-state index is 13.1. The number of imide groups is 1. The molecule has 0 spiro atoms. The molecule has 4 atom stereocenters. The van der Waals surface area contributed by atoms with Gasteiger partial charge in [-0.3, -0.25) is 19.2 Å². The highest BCUT2D eigenvalue weighted by atomic mass is 35.5. The molecule has 2 saturated heterocycles. The number of hydrogen-bond donors (Lipinski definition) is 0. The molecule has 2 aromatic carbocycles. The number of halogens is 2. The molecule has 1 aliphatic carbocycles. The summed E-state index contributed by atoms with van der Waals surface area (Å²) in [5.74, 6) is -2.61. The molecule has 3 amide bonds. The number of esters is 1. The predicted octanol–water partition coefficient (Wildman–Crippen LogP) is 4.65. The van der Waals surface area contributed by atoms with Crippen LogP contribution >= 0.6 is 23.2 Å². The van der Waals surface area contributed by atoms with Gasteiger partial charge in [-0.2, -0.15) is 0 Å². The first-order valence-electron chi connectivity index (χ1n) is 11.4. The van der Waals surface area contributed by atoms with Gasteiger partial charge >= 0.3 is 5.97 Å². The number of benzene rings is 2. The zero-order valence-electron chi connectivity index (χ0n) is 18.8. The zero-order chi connectivity index (χ0) is 24.9. The van der Waals surface area contributed by atoms with Gasteiger partial charge in [-0.1, -0.05) is 48.3 Å². The number of fused-ring (bicyclic) bond motifs is 1. The summed E-state index contributed by atoms with van der Waals surface area (Å²) in [5, 5.41) is 0.783. The third kappa shape index (κ3) is 4.23. The van der Waals surface area contributed by atoms with E-state index in [1.54, 1.807) is 36.4 Å². The van der Waals surface area contributed by atoms with E-state index in [9.17, 15) is 19.2 Å². The van der Waals surface area contributed by atoms with Crippen molar-refractivity contribution in [1.82, 2.24) is 0 Å². The van der Waals surface area contributed by atoms with Crippen LogP contribution in [0.1, 0.15) is 19.8 Å². The Labute approximate surface area is 212 Å². The molecule has 5 rings (SSSR count). The smallest absolute Gasteiger partial charge is 0.316 e. The van der Waals surface area contributed by atoms with Crippen molar-refractivity contribution in [3.05, 3.63) is 64.7 Å². The van der Waals surface area contributed by atoms with Crippen molar-refractivity contribution in [3.8, 4) is 5.75 Å². The molecule has 9 heteroatoms. The fourth-order valence-electron chi connectivity index (χ4n) is 5.08. The minimum absolute atomic E-state index is 0.0212. The van der Waals surface area contributed by atoms with Gasteiger partial charge in [0, 0.05) is 24.1 Å². The van der Waals surface area contributed by atoms with Gasteiger partial charge in [0.15, 0.2) is 0 Å². The van der Waals surface area contributed by atoms with Gasteiger partial charge in [-0.15, -0.1) is 0 Å². The SMILES string of the molecule is C[C@@H]1C=CC[C@@H]2C(=O)N(c3cccc(OC(=O)[C@H]4CC(=O)N(c5cc(Cl)ccc5Cl)C4)c3)C(=O)[C@@H]12. The number of hydrogen-bond acceptors (Lipinski definition) is 5. The summed E-state index contributed by atoms with van der Waals surface area (Å²) in [4.78, 5) is 54.1. The van der Waals surface area contributed by atoms with E-state index in [-0.39, 0.29) is 54.2 Å². The topological polar surface area (TPSA) is 84.0 Å². The van der Waals surface area contributed by atoms with Crippen molar-refractivity contribution >= 4 is 58.3 Å². The van der Waals surface area contributed by atoms with Gasteiger partial charge in [-0.25, -0.2) is 4.90 Å². The Bertz CT molecular complexity index is 1280. The molecule has 35 heavy (non-hydrogen) atoms. The average molecular weight is 513 g/mol. The number of ether oxygens (including phenoxy) is 1. The van der Waals surface area contributed by atoms with Crippen LogP contribution in [0.3, 0.4) is 0 Å². The van der Waals surface area contributed by atoms with E-state index >= 15 is 0 Å². The Kier molecular flexibility index (Phi) is 6.15. The van der Waals surface area contributed by atoms with E-state index < -0.39 is 11.9 Å². The quantitative estimate of drug-likeness (QED) is 0.257. The fourth-order valence-corrected chi connectivity index (χ4v) is 5.46. The molecule has 2 fully saturated rings. The lowest BCUT2D eigenvalue weighted by Gasteiger charge is -2.22. The zero-order valence-corrected chi connectivity index (χ0v) is 20.3. The molecule has 0 bridgehead atoms. The molecule has 7 nitrogen and oxygen atoms in total. The van der Waals surface area contributed by atoms with Crippen LogP contribution in [0.15, 0.2) is 54.6 Å². The van der Waals surface area contributed by atoms with Gasteiger partial charge in [0.05, 0.1) is 34.2 Å². The molecular weight excluding hydrogens is 491 g/mol. The van der Waals surface area contributed by atoms with Crippen molar-refractivity contribution < 1.29 is 23.9 Å². The molecule has 0 saturated carbocycles. The maximum atomic E-state index is 13.1. The molecule has 2 aromatic rings. The Morgan fingerprint density at radius 2 is 1.86 bits per heavy atom. The Morgan fingerprint density at radius 1 is 1.06 bits per heavy atom. The van der Waals surface area contributed by atoms with Crippen molar-refractivity contribution in [2.75, 3.05) is 16.3 Å². The molecule has 0 unspecified atom stereocenters. The van der Waals surface area contributed by atoms with E-state index in [0.717, 1.165) is 0 Å². The predicted molar refractivity (Wildman–Crippen MR) is 131 cm³/mol. The number of allylic oxidation sites excluding steroid dienone is 2. The summed E-state index contributed by atoms with van der Waals surface area (Å²) in [7, 11) is 0. The minimum Gasteiger partial charge on any atom is -0.426 e. The van der Waals surface area contributed by atoms with Crippen LogP contribution in [-0.2, 0) is 19.2 Å². The number of carbonyl (C=O) groups is 4. The summed E-state index contributed by atoms with van der Waals surface area (Å²) in [6.45, 7) is 2.04. The second-order valence-corrected chi connectivity index (χ2v) is 9.93. The number of rotatable bonds is 4. The highest BCUT2D eigenvalue weighted by Crippen LogP contribution is 2.41. The standard InChI is InChI=1S/C26H22Cl2N2O5/c1-14-4-2-7-19-23(14)25(33)30(24(19)32)17-5-3-6-18(12-17)35-26(34)15-10-22(31)29(13-15)21-11-16(27)8-9-20(21)28/h2-6,8-9,11-12,14-15,19,23H,7,10,13H2,1H3/t14-,15+,19+,23+/m1/s1. The summed E-state index contributed by atoms with van der Waals surface area (Å²) in [5.41, 5.74) is 0.805. The number of carbonyl (C=O) groups excluding carboxylic acids is 4. The first-order valence-corrected chi connectivity index (χ1v) is 12.1. The summed E-state index contributed by atoms with van der Waals surface area (Å²) in [6, 6.07) is 11.1. The van der Waals surface area contributed by atoms with Gasteiger partial charge in [0.2, 0.25) is 17.7 Å². The van der Waals surface area contributed by atoms with Crippen LogP contribution in [0.5, 0.6) is 5.75 Å². The van der Waals surface area contributed by atoms with E-state index in [1.165, 1.54) is 15.9 Å². The Balaban J connectivity index is 1.31. The first kappa shape index (κ1) is 23.6. The molecule has 2 aliphatic heterocycles. The highest BCUT2D eigenvalue weighted by Gasteiger charge is 2.50. The number of nitrogens with zero attached hydrogens (tertiary/aromatic N) is 2. The van der Waals surface area contributed by atoms with E-state index in [1.807, 2.05) is 19.1 Å². The largest absolute Gasteiger partial charge is 0.426 e. The van der Waals surface area contributed by atoms with Crippen LogP contribution in [0.2, 0.25) is 10.0 Å². The molecule has 0 aromatic heterocycles. The van der Waals surface area contributed by atoms with Crippen LogP contribution in [0.25, 0.3) is 0 Å². The maximum Gasteiger partial charge on any atom is 0.316 e.